The maximum atomic E-state index is 10.7. The smallest absolute Gasteiger partial charge is 0.0800 e. The minimum Gasteiger partial charge on any atom is -0.390 e. The Kier molecular flexibility index (Phi) is 4.09. The largest absolute Gasteiger partial charge is 0.390 e. The van der Waals surface area contributed by atoms with Gasteiger partial charge in [0.1, 0.15) is 0 Å². The topological polar surface area (TPSA) is 49.7 Å². The molecule has 0 aromatic heterocycles. The lowest BCUT2D eigenvalue weighted by Gasteiger charge is -2.38. The van der Waals surface area contributed by atoms with E-state index in [1.54, 1.807) is 0 Å². The first-order chi connectivity index (χ1) is 9.10. The summed E-state index contributed by atoms with van der Waals surface area (Å²) in [5.74, 6) is 0.403. The first-order valence-electron chi connectivity index (χ1n) is 7.90. The zero-order valence-corrected chi connectivity index (χ0v) is 13.6. The molecule has 0 aromatic carbocycles. The van der Waals surface area contributed by atoms with Crippen LogP contribution in [0.1, 0.15) is 60.3 Å². The summed E-state index contributed by atoms with van der Waals surface area (Å²) in [7, 11) is 0. The van der Waals surface area contributed by atoms with Crippen LogP contribution in [0.2, 0.25) is 0 Å². The maximum Gasteiger partial charge on any atom is 0.0800 e. The minimum absolute atomic E-state index is 0.0722. The van der Waals surface area contributed by atoms with Crippen molar-refractivity contribution in [2.75, 3.05) is 6.61 Å². The van der Waals surface area contributed by atoms with Crippen LogP contribution in [0.15, 0.2) is 11.6 Å². The van der Waals surface area contributed by atoms with Gasteiger partial charge in [-0.05, 0) is 71.8 Å². The first-order valence-corrected chi connectivity index (χ1v) is 7.90. The summed E-state index contributed by atoms with van der Waals surface area (Å²) >= 11 is 0. The molecule has 0 unspecified atom stereocenters. The van der Waals surface area contributed by atoms with Crippen LogP contribution in [-0.2, 0) is 4.74 Å². The Hall–Kier alpha value is -0.380. The molecule has 2 aliphatic rings. The number of fused-ring (bicyclic) bond motifs is 1. The molecule has 0 saturated heterocycles. The van der Waals surface area contributed by atoms with Crippen LogP contribution in [0.3, 0.4) is 0 Å². The van der Waals surface area contributed by atoms with Crippen molar-refractivity contribution >= 4 is 0 Å². The molecule has 3 nitrogen and oxygen atoms in total. The van der Waals surface area contributed by atoms with Crippen molar-refractivity contribution in [2.45, 2.75) is 77.1 Å². The summed E-state index contributed by atoms with van der Waals surface area (Å²) < 4.78 is 6.09. The molecular formula is C17H30O3. The van der Waals surface area contributed by atoms with Gasteiger partial charge in [0, 0.05) is 12.5 Å². The second-order valence-electron chi connectivity index (χ2n) is 7.52. The maximum absolute atomic E-state index is 10.7. The zero-order chi connectivity index (χ0) is 15.2. The zero-order valence-electron chi connectivity index (χ0n) is 13.6. The fraction of sp³-hybridized carbons (Fsp3) is 0.882. The third kappa shape index (κ3) is 2.81. The summed E-state index contributed by atoms with van der Waals surface area (Å²) in [6.07, 6.45) is 5.68. The molecule has 2 aliphatic carbocycles. The van der Waals surface area contributed by atoms with Gasteiger partial charge in [0.25, 0.3) is 0 Å². The molecule has 20 heavy (non-hydrogen) atoms. The Morgan fingerprint density at radius 2 is 2.00 bits per heavy atom. The van der Waals surface area contributed by atoms with Crippen LogP contribution in [0.4, 0.5) is 0 Å². The van der Waals surface area contributed by atoms with Crippen LogP contribution >= 0.6 is 0 Å². The molecule has 2 N–H and O–H groups in total. The molecule has 1 fully saturated rings. The molecule has 0 spiro atoms. The number of hydrogen-bond acceptors (Lipinski definition) is 3. The minimum atomic E-state index is -0.819. The van der Waals surface area contributed by atoms with Gasteiger partial charge in [-0.2, -0.15) is 0 Å². The average Bonchev–Trinajstić information content (AvgIpc) is 2.50. The number of aliphatic hydroxyl groups is 2. The average molecular weight is 282 g/mol. The standard InChI is InChI=1S/C17H30O3/c1-6-20-17(5)10-7-12(15(2,3)18)11-14-13(17)8-9-16(14,4)19/h11,13-14,18-19H,6-10H2,1-5H3/t13-,14+,16+,17-/m1/s1. The van der Waals surface area contributed by atoms with Crippen LogP contribution in [0, 0.1) is 11.8 Å². The van der Waals surface area contributed by atoms with E-state index in [0.29, 0.717) is 12.5 Å². The molecule has 0 radical (unpaired) electrons. The molecule has 0 aliphatic heterocycles. The highest BCUT2D eigenvalue weighted by Crippen LogP contribution is 2.52. The predicted octanol–water partition coefficient (Wildman–Crippen LogP) is 3.05. The second kappa shape index (κ2) is 5.11. The summed E-state index contributed by atoms with van der Waals surface area (Å²) in [6.45, 7) is 10.5. The van der Waals surface area contributed by atoms with Crippen molar-refractivity contribution in [3.8, 4) is 0 Å². The lowest BCUT2D eigenvalue weighted by Crippen LogP contribution is -2.42. The van der Waals surface area contributed by atoms with Crippen molar-refractivity contribution < 1.29 is 14.9 Å². The van der Waals surface area contributed by atoms with Crippen LogP contribution in [-0.4, -0.2) is 33.6 Å². The molecule has 0 amide bonds. The first kappa shape index (κ1) is 16.0. The Bertz CT molecular complexity index is 392. The SMILES string of the molecule is CCO[C@]1(C)CCC(C(C)(C)O)=C[C@H]2[C@H]1CC[C@]2(C)O. The van der Waals surface area contributed by atoms with E-state index in [4.69, 9.17) is 4.74 Å². The summed E-state index contributed by atoms with van der Waals surface area (Å²) in [5, 5.41) is 21.1. The summed E-state index contributed by atoms with van der Waals surface area (Å²) in [6, 6.07) is 0. The van der Waals surface area contributed by atoms with Crippen LogP contribution in [0.25, 0.3) is 0 Å². The van der Waals surface area contributed by atoms with Crippen LogP contribution in [0.5, 0.6) is 0 Å². The second-order valence-corrected chi connectivity index (χ2v) is 7.52. The van der Waals surface area contributed by atoms with Crippen molar-refractivity contribution in [3.63, 3.8) is 0 Å². The van der Waals surface area contributed by atoms with Gasteiger partial charge >= 0.3 is 0 Å². The van der Waals surface area contributed by atoms with Gasteiger partial charge in [0.05, 0.1) is 16.8 Å². The Balaban J connectivity index is 2.40. The third-order valence-electron chi connectivity index (χ3n) is 5.43. The van der Waals surface area contributed by atoms with Crippen molar-refractivity contribution in [1.82, 2.24) is 0 Å². The molecule has 0 aromatic rings. The summed E-state index contributed by atoms with van der Waals surface area (Å²) in [5.41, 5.74) is -0.674. The van der Waals surface area contributed by atoms with E-state index in [1.165, 1.54) is 0 Å². The number of ether oxygens (including phenoxy) is 1. The Labute approximate surface area is 123 Å². The van der Waals surface area contributed by atoms with E-state index in [2.05, 4.69) is 13.0 Å². The monoisotopic (exact) mass is 282 g/mol. The molecule has 116 valence electrons. The summed E-state index contributed by atoms with van der Waals surface area (Å²) in [4.78, 5) is 0. The molecule has 3 heteroatoms. The van der Waals surface area contributed by atoms with E-state index in [-0.39, 0.29) is 11.5 Å². The Morgan fingerprint density at radius 1 is 1.35 bits per heavy atom. The van der Waals surface area contributed by atoms with Gasteiger partial charge in [0.2, 0.25) is 0 Å². The molecule has 0 heterocycles. The highest BCUT2D eigenvalue weighted by atomic mass is 16.5. The van der Waals surface area contributed by atoms with Gasteiger partial charge in [-0.25, -0.2) is 0 Å². The van der Waals surface area contributed by atoms with Gasteiger partial charge in [-0.1, -0.05) is 6.08 Å². The fourth-order valence-electron chi connectivity index (χ4n) is 4.10. The van der Waals surface area contributed by atoms with E-state index in [0.717, 1.165) is 31.3 Å². The highest BCUT2D eigenvalue weighted by Gasteiger charge is 2.52. The number of hydrogen-bond donors (Lipinski definition) is 2. The normalized spacial score (nSPS) is 42.0. The van der Waals surface area contributed by atoms with Gasteiger partial charge in [-0.3, -0.25) is 0 Å². The molecular weight excluding hydrogens is 252 g/mol. The fourth-order valence-corrected chi connectivity index (χ4v) is 4.10. The molecule has 0 bridgehead atoms. The van der Waals surface area contributed by atoms with Gasteiger partial charge in [-0.15, -0.1) is 0 Å². The van der Waals surface area contributed by atoms with Crippen molar-refractivity contribution in [1.29, 1.82) is 0 Å². The van der Waals surface area contributed by atoms with Gasteiger partial charge in [0.15, 0.2) is 0 Å². The van der Waals surface area contributed by atoms with E-state index >= 15 is 0 Å². The lowest BCUT2D eigenvalue weighted by molar-refractivity contribution is -0.0907. The van der Waals surface area contributed by atoms with Gasteiger partial charge < -0.3 is 14.9 Å². The third-order valence-corrected chi connectivity index (χ3v) is 5.43. The van der Waals surface area contributed by atoms with E-state index < -0.39 is 11.2 Å². The van der Waals surface area contributed by atoms with Crippen molar-refractivity contribution in [3.05, 3.63) is 11.6 Å². The Morgan fingerprint density at radius 3 is 2.55 bits per heavy atom. The molecule has 4 atom stereocenters. The van der Waals surface area contributed by atoms with Crippen molar-refractivity contribution in [2.24, 2.45) is 11.8 Å². The van der Waals surface area contributed by atoms with E-state index in [1.807, 2.05) is 27.7 Å². The van der Waals surface area contributed by atoms with Crippen LogP contribution < -0.4 is 0 Å². The predicted molar refractivity (Wildman–Crippen MR) is 80.5 cm³/mol. The molecule has 2 rings (SSSR count). The molecule has 1 saturated carbocycles. The quantitative estimate of drug-likeness (QED) is 0.782. The number of rotatable bonds is 3. The lowest BCUT2D eigenvalue weighted by atomic mass is 9.77. The highest BCUT2D eigenvalue weighted by molar-refractivity contribution is 5.23. The van der Waals surface area contributed by atoms with E-state index in [9.17, 15) is 10.2 Å².